The molecule has 31 heavy (non-hydrogen) atoms. The number of anilines is 1. The van der Waals surface area contributed by atoms with E-state index in [4.69, 9.17) is 0 Å². The van der Waals surface area contributed by atoms with E-state index in [0.29, 0.717) is 22.6 Å². The second-order valence-electron chi connectivity index (χ2n) is 7.77. The van der Waals surface area contributed by atoms with Crippen LogP contribution in [-0.4, -0.2) is 33.2 Å². The lowest BCUT2D eigenvalue weighted by molar-refractivity contribution is -0.118. The fourth-order valence-electron chi connectivity index (χ4n) is 3.22. The van der Waals surface area contributed by atoms with Crippen molar-refractivity contribution >= 4 is 23.3 Å². The van der Waals surface area contributed by atoms with Crippen LogP contribution in [0.3, 0.4) is 0 Å². The van der Waals surface area contributed by atoms with Crippen molar-refractivity contribution in [1.29, 1.82) is 0 Å². The molecule has 1 heterocycles. The van der Waals surface area contributed by atoms with E-state index in [-0.39, 0.29) is 23.5 Å². The van der Waals surface area contributed by atoms with E-state index in [1.54, 1.807) is 60.4 Å². The zero-order valence-electron chi connectivity index (χ0n) is 18.0. The highest BCUT2D eigenvalue weighted by molar-refractivity contribution is 6.07. The summed E-state index contributed by atoms with van der Waals surface area (Å²) in [5.74, 6) is -0.577. The molecule has 0 aliphatic carbocycles. The van der Waals surface area contributed by atoms with Crippen molar-refractivity contribution in [3.63, 3.8) is 0 Å². The van der Waals surface area contributed by atoms with Gasteiger partial charge in [-0.05, 0) is 48.7 Å². The molecule has 0 saturated heterocycles. The molecule has 0 bridgehead atoms. The number of aryl methyl sites for hydroxylation is 2. The van der Waals surface area contributed by atoms with Gasteiger partial charge in [0, 0.05) is 36.3 Å². The summed E-state index contributed by atoms with van der Waals surface area (Å²) in [6, 6.07) is 13.1. The predicted molar refractivity (Wildman–Crippen MR) is 119 cm³/mol. The number of nitrogens with zero attached hydrogens (tertiary/aromatic N) is 2. The van der Waals surface area contributed by atoms with Gasteiger partial charge in [-0.2, -0.15) is 0 Å². The average molecular weight is 418 g/mol. The van der Waals surface area contributed by atoms with Gasteiger partial charge < -0.3 is 15.2 Å². The topological polar surface area (TPSA) is 93.1 Å². The van der Waals surface area contributed by atoms with Crippen molar-refractivity contribution in [3.8, 4) is 0 Å². The van der Waals surface area contributed by atoms with Gasteiger partial charge in [-0.15, -0.1) is 0 Å². The molecule has 3 rings (SSSR count). The van der Waals surface area contributed by atoms with Gasteiger partial charge in [0.15, 0.2) is 5.82 Å². The first-order valence-electron chi connectivity index (χ1n) is 10.1. The number of hydrogen-bond acceptors (Lipinski definition) is 4. The maximum Gasteiger partial charge on any atom is 0.252 e. The molecular weight excluding hydrogens is 392 g/mol. The van der Waals surface area contributed by atoms with Crippen LogP contribution in [0.15, 0.2) is 60.9 Å². The fourth-order valence-corrected chi connectivity index (χ4v) is 3.22. The Balaban J connectivity index is 1.69. The van der Waals surface area contributed by atoms with E-state index in [1.807, 2.05) is 32.9 Å². The summed E-state index contributed by atoms with van der Waals surface area (Å²) in [4.78, 5) is 42.1. The molecule has 0 aliphatic heterocycles. The Bertz CT molecular complexity index is 1100. The summed E-state index contributed by atoms with van der Waals surface area (Å²) < 4.78 is 1.66. The average Bonchev–Trinajstić information content (AvgIpc) is 3.17. The van der Waals surface area contributed by atoms with E-state index in [9.17, 15) is 14.4 Å². The second-order valence-corrected chi connectivity index (χ2v) is 7.77. The van der Waals surface area contributed by atoms with Gasteiger partial charge in [0.05, 0.1) is 0 Å². The Kier molecular flexibility index (Phi) is 6.65. The number of carbonyl (C=O) groups is 3. The number of rotatable bonds is 7. The third-order valence-corrected chi connectivity index (χ3v) is 5.06. The van der Waals surface area contributed by atoms with Gasteiger partial charge in [-0.3, -0.25) is 14.4 Å². The Morgan fingerprint density at radius 3 is 2.26 bits per heavy atom. The molecule has 0 aliphatic rings. The van der Waals surface area contributed by atoms with E-state index in [0.717, 1.165) is 5.56 Å². The zero-order valence-corrected chi connectivity index (χ0v) is 18.0. The summed E-state index contributed by atoms with van der Waals surface area (Å²) in [5, 5.41) is 5.65. The standard InChI is InChI=1S/C24H26N4O3/c1-15(2)20(27-23(30)19-8-6-5-7-16(19)3)24(31)26-18-11-9-17(10-12-18)21(29)22-25-13-14-28(22)4/h5-15,20H,1-4H3,(H,26,31)(H,27,30). The Morgan fingerprint density at radius 2 is 1.68 bits per heavy atom. The molecule has 2 aromatic carbocycles. The minimum atomic E-state index is -0.707. The maximum absolute atomic E-state index is 12.8. The summed E-state index contributed by atoms with van der Waals surface area (Å²) in [7, 11) is 1.76. The molecular formula is C24H26N4O3. The number of ketones is 1. The van der Waals surface area contributed by atoms with Crippen LogP contribution < -0.4 is 10.6 Å². The summed E-state index contributed by atoms with van der Waals surface area (Å²) in [6.45, 7) is 5.60. The molecule has 3 aromatic rings. The lowest BCUT2D eigenvalue weighted by atomic mass is 10.0. The highest BCUT2D eigenvalue weighted by atomic mass is 16.2. The summed E-state index contributed by atoms with van der Waals surface area (Å²) in [6.07, 6.45) is 3.28. The molecule has 7 heteroatoms. The first-order valence-corrected chi connectivity index (χ1v) is 10.1. The normalized spacial score (nSPS) is 11.8. The van der Waals surface area contributed by atoms with Crippen LogP contribution in [0.5, 0.6) is 0 Å². The number of nitrogens with one attached hydrogen (secondary N) is 2. The smallest absolute Gasteiger partial charge is 0.252 e. The molecule has 1 atom stereocenters. The highest BCUT2D eigenvalue weighted by Gasteiger charge is 2.25. The molecule has 1 unspecified atom stereocenters. The van der Waals surface area contributed by atoms with Crippen LogP contribution in [-0.2, 0) is 11.8 Å². The van der Waals surface area contributed by atoms with E-state index >= 15 is 0 Å². The van der Waals surface area contributed by atoms with Crippen molar-refractivity contribution in [2.24, 2.45) is 13.0 Å². The molecule has 0 spiro atoms. The minimum absolute atomic E-state index is 0.114. The number of amides is 2. The highest BCUT2D eigenvalue weighted by Crippen LogP contribution is 2.15. The molecule has 0 radical (unpaired) electrons. The molecule has 0 saturated carbocycles. The van der Waals surface area contributed by atoms with E-state index in [2.05, 4.69) is 15.6 Å². The Morgan fingerprint density at radius 1 is 1.00 bits per heavy atom. The molecule has 7 nitrogen and oxygen atoms in total. The van der Waals surface area contributed by atoms with Gasteiger partial charge in [0.2, 0.25) is 11.7 Å². The van der Waals surface area contributed by atoms with Gasteiger partial charge in [-0.1, -0.05) is 32.0 Å². The van der Waals surface area contributed by atoms with E-state index in [1.165, 1.54) is 0 Å². The van der Waals surface area contributed by atoms with Crippen LogP contribution in [0.1, 0.15) is 46.0 Å². The monoisotopic (exact) mass is 418 g/mol. The molecule has 1 aromatic heterocycles. The van der Waals surface area contributed by atoms with Gasteiger partial charge in [0.1, 0.15) is 6.04 Å². The molecule has 0 fully saturated rings. The first kappa shape index (κ1) is 22.0. The summed E-state index contributed by atoms with van der Waals surface area (Å²) >= 11 is 0. The van der Waals surface area contributed by atoms with Gasteiger partial charge in [0.25, 0.3) is 5.91 Å². The van der Waals surface area contributed by atoms with Gasteiger partial charge >= 0.3 is 0 Å². The SMILES string of the molecule is Cc1ccccc1C(=O)NC(C(=O)Nc1ccc(C(=O)c2nccn2C)cc1)C(C)C. The molecule has 160 valence electrons. The van der Waals surface area contributed by atoms with Crippen molar-refractivity contribution in [2.75, 3.05) is 5.32 Å². The van der Waals surface area contributed by atoms with Crippen LogP contribution >= 0.6 is 0 Å². The number of benzene rings is 2. The van der Waals surface area contributed by atoms with Crippen LogP contribution in [0.2, 0.25) is 0 Å². The minimum Gasteiger partial charge on any atom is -0.340 e. The largest absolute Gasteiger partial charge is 0.340 e. The predicted octanol–water partition coefficient (Wildman–Crippen LogP) is 3.35. The Hall–Kier alpha value is -3.74. The first-order chi connectivity index (χ1) is 14.8. The van der Waals surface area contributed by atoms with Crippen LogP contribution in [0.4, 0.5) is 5.69 Å². The molecule has 2 N–H and O–H groups in total. The van der Waals surface area contributed by atoms with Crippen molar-refractivity contribution < 1.29 is 14.4 Å². The quantitative estimate of drug-likeness (QED) is 0.576. The van der Waals surface area contributed by atoms with Crippen molar-refractivity contribution in [1.82, 2.24) is 14.9 Å². The van der Waals surface area contributed by atoms with Crippen LogP contribution in [0.25, 0.3) is 0 Å². The second kappa shape index (κ2) is 9.38. The Labute approximate surface area is 181 Å². The van der Waals surface area contributed by atoms with Gasteiger partial charge in [-0.25, -0.2) is 4.98 Å². The molecule has 2 amide bonds. The number of aromatic nitrogens is 2. The van der Waals surface area contributed by atoms with E-state index < -0.39 is 6.04 Å². The zero-order chi connectivity index (χ0) is 22.5. The lowest BCUT2D eigenvalue weighted by Gasteiger charge is -2.22. The van der Waals surface area contributed by atoms with Crippen molar-refractivity contribution in [3.05, 3.63) is 83.4 Å². The van der Waals surface area contributed by atoms with Crippen molar-refractivity contribution in [2.45, 2.75) is 26.8 Å². The lowest BCUT2D eigenvalue weighted by Crippen LogP contribution is -2.47. The maximum atomic E-state index is 12.8. The number of hydrogen-bond donors (Lipinski definition) is 2. The third-order valence-electron chi connectivity index (χ3n) is 5.06. The summed E-state index contributed by atoms with van der Waals surface area (Å²) in [5.41, 5.74) is 2.40. The number of imidazole rings is 1. The fraction of sp³-hybridized carbons (Fsp3) is 0.250. The third kappa shape index (κ3) is 5.06. The number of carbonyl (C=O) groups excluding carboxylic acids is 3. The van der Waals surface area contributed by atoms with Crippen LogP contribution in [0, 0.1) is 12.8 Å².